The van der Waals surface area contributed by atoms with Crippen molar-refractivity contribution < 1.29 is 14.0 Å². The Bertz CT molecular complexity index is 771. The maximum absolute atomic E-state index is 12.4. The van der Waals surface area contributed by atoms with Gasteiger partial charge in [-0.2, -0.15) is 0 Å². The molecule has 2 aromatic rings. The van der Waals surface area contributed by atoms with E-state index in [4.69, 9.17) is 4.42 Å². The number of carbonyl (C=O) groups excluding carboxylic acids is 2. The Balaban J connectivity index is 1.63. The molecule has 6 heteroatoms. The van der Waals surface area contributed by atoms with Gasteiger partial charge < -0.3 is 15.1 Å². The molecule has 1 aliphatic rings. The van der Waals surface area contributed by atoms with Crippen LogP contribution in [0.1, 0.15) is 29.5 Å². The number of likely N-dealkylation sites (tertiary alicyclic amines) is 1. The number of hydrogen-bond donors (Lipinski definition) is 2. The average molecular weight is 367 g/mol. The molecule has 1 saturated heterocycles. The maximum Gasteiger partial charge on any atom is 0.287 e. The van der Waals surface area contributed by atoms with Crippen LogP contribution in [0.15, 0.2) is 59.2 Å². The van der Waals surface area contributed by atoms with Gasteiger partial charge in [0.25, 0.3) is 5.91 Å². The lowest BCUT2D eigenvalue weighted by atomic mass is 10.1. The van der Waals surface area contributed by atoms with Crippen LogP contribution >= 0.6 is 0 Å². The van der Waals surface area contributed by atoms with Gasteiger partial charge in [-0.1, -0.05) is 42.5 Å². The second-order valence-electron chi connectivity index (χ2n) is 6.56. The predicted octanol–water partition coefficient (Wildman–Crippen LogP) is 2.30. The highest BCUT2D eigenvalue weighted by Crippen LogP contribution is 2.19. The number of nitrogens with one attached hydrogen (secondary N) is 2. The molecule has 0 bridgehead atoms. The third-order valence-corrected chi connectivity index (χ3v) is 4.59. The van der Waals surface area contributed by atoms with E-state index in [0.717, 1.165) is 5.56 Å². The number of nitrogens with zero attached hydrogens (tertiary/aromatic N) is 1. The molecular weight excluding hydrogens is 342 g/mol. The second-order valence-corrected chi connectivity index (χ2v) is 6.56. The number of amides is 2. The van der Waals surface area contributed by atoms with Crippen LogP contribution in [0, 0.1) is 0 Å². The number of rotatable bonds is 7. The highest BCUT2D eigenvalue weighted by atomic mass is 16.3. The lowest BCUT2D eigenvalue weighted by Crippen LogP contribution is -2.43. The molecule has 2 N–H and O–H groups in total. The Morgan fingerprint density at radius 1 is 1.22 bits per heavy atom. The Hall–Kier alpha value is -2.86. The summed E-state index contributed by atoms with van der Waals surface area (Å²) in [6, 6.07) is 13.0. The van der Waals surface area contributed by atoms with E-state index in [1.54, 1.807) is 12.1 Å². The predicted molar refractivity (Wildman–Crippen MR) is 104 cm³/mol. The first-order valence-electron chi connectivity index (χ1n) is 9.25. The van der Waals surface area contributed by atoms with E-state index in [1.165, 1.54) is 6.26 Å². The van der Waals surface area contributed by atoms with E-state index >= 15 is 0 Å². The second kappa shape index (κ2) is 9.19. The molecule has 0 radical (unpaired) electrons. The molecule has 0 spiro atoms. The van der Waals surface area contributed by atoms with E-state index < -0.39 is 0 Å². The Morgan fingerprint density at radius 3 is 2.74 bits per heavy atom. The Labute approximate surface area is 159 Å². The van der Waals surface area contributed by atoms with Crippen molar-refractivity contribution in [3.8, 4) is 0 Å². The zero-order valence-corrected chi connectivity index (χ0v) is 15.4. The summed E-state index contributed by atoms with van der Waals surface area (Å²) in [6.07, 6.45) is 6.15. The fraction of sp³-hybridized carbons (Fsp3) is 0.333. The molecular formula is C21H25N3O3. The fourth-order valence-corrected chi connectivity index (χ4v) is 3.33. The van der Waals surface area contributed by atoms with Crippen LogP contribution in [0.3, 0.4) is 0 Å². The molecule has 2 heterocycles. The summed E-state index contributed by atoms with van der Waals surface area (Å²) < 4.78 is 5.14. The number of benzene rings is 1. The molecule has 6 nitrogen and oxygen atoms in total. The summed E-state index contributed by atoms with van der Waals surface area (Å²) in [7, 11) is 0. The monoisotopic (exact) mass is 367 g/mol. The molecule has 1 aliphatic heterocycles. The Morgan fingerprint density at radius 2 is 2.04 bits per heavy atom. The summed E-state index contributed by atoms with van der Waals surface area (Å²) in [5.74, 6) is 0.0358. The molecule has 142 valence electrons. The van der Waals surface area contributed by atoms with Crippen molar-refractivity contribution in [1.82, 2.24) is 15.5 Å². The highest BCUT2D eigenvalue weighted by molar-refractivity contribution is 5.91. The third kappa shape index (κ3) is 5.08. The molecule has 1 fully saturated rings. The van der Waals surface area contributed by atoms with Gasteiger partial charge in [-0.3, -0.25) is 14.5 Å². The van der Waals surface area contributed by atoms with Gasteiger partial charge in [0, 0.05) is 25.7 Å². The van der Waals surface area contributed by atoms with Crippen molar-refractivity contribution in [3.05, 3.63) is 66.1 Å². The van der Waals surface area contributed by atoms with Crippen molar-refractivity contribution in [2.75, 3.05) is 19.6 Å². The fourth-order valence-electron chi connectivity index (χ4n) is 3.33. The molecule has 27 heavy (non-hydrogen) atoms. The topological polar surface area (TPSA) is 74.6 Å². The van der Waals surface area contributed by atoms with E-state index in [9.17, 15) is 9.59 Å². The first kappa shape index (κ1) is 18.9. The largest absolute Gasteiger partial charge is 0.459 e. The highest BCUT2D eigenvalue weighted by Gasteiger charge is 2.36. The first-order valence-corrected chi connectivity index (χ1v) is 9.25. The van der Waals surface area contributed by atoms with Crippen LogP contribution in [-0.2, 0) is 4.79 Å². The van der Waals surface area contributed by atoms with Crippen molar-refractivity contribution in [1.29, 1.82) is 0 Å². The van der Waals surface area contributed by atoms with Crippen LogP contribution in [0.4, 0.5) is 0 Å². The summed E-state index contributed by atoms with van der Waals surface area (Å²) in [6.45, 7) is 3.76. The molecule has 0 aliphatic carbocycles. The van der Waals surface area contributed by atoms with Crippen molar-refractivity contribution >= 4 is 17.9 Å². The SMILES string of the molecule is CCNC(=O)[C@@H]1C[C@@H](NC(=O)c2ccco2)CN1CC=Cc1ccccc1. The minimum Gasteiger partial charge on any atom is -0.459 e. The summed E-state index contributed by atoms with van der Waals surface area (Å²) in [5.41, 5.74) is 1.12. The summed E-state index contributed by atoms with van der Waals surface area (Å²) in [4.78, 5) is 26.8. The zero-order chi connectivity index (χ0) is 19.1. The molecule has 1 aromatic carbocycles. The van der Waals surface area contributed by atoms with Gasteiger partial charge in [0.05, 0.1) is 12.3 Å². The van der Waals surface area contributed by atoms with E-state index in [-0.39, 0.29) is 29.7 Å². The number of hydrogen-bond acceptors (Lipinski definition) is 4. The van der Waals surface area contributed by atoms with Crippen LogP contribution in [0.5, 0.6) is 0 Å². The maximum atomic E-state index is 12.4. The smallest absolute Gasteiger partial charge is 0.287 e. The standard InChI is InChI=1S/C21H25N3O3/c1-2-22-20(25)18-14-17(23-21(26)19-11-7-13-27-19)15-24(18)12-6-10-16-8-4-3-5-9-16/h3-11,13,17-18H,2,12,14-15H2,1H3,(H,22,25)(H,23,26)/t17-,18+/m1/s1. The lowest BCUT2D eigenvalue weighted by molar-refractivity contribution is -0.125. The van der Waals surface area contributed by atoms with Crippen LogP contribution in [0.25, 0.3) is 6.08 Å². The van der Waals surface area contributed by atoms with Crippen LogP contribution in [-0.4, -0.2) is 48.4 Å². The van der Waals surface area contributed by atoms with Gasteiger partial charge in [-0.25, -0.2) is 0 Å². The van der Waals surface area contributed by atoms with Gasteiger partial charge in [0.1, 0.15) is 0 Å². The zero-order valence-electron chi connectivity index (χ0n) is 15.4. The van der Waals surface area contributed by atoms with E-state index in [1.807, 2.05) is 43.3 Å². The molecule has 0 saturated carbocycles. The van der Waals surface area contributed by atoms with Crippen LogP contribution < -0.4 is 10.6 Å². The normalized spacial score (nSPS) is 20.0. The number of likely N-dealkylation sites (N-methyl/N-ethyl adjacent to an activating group) is 1. The van der Waals surface area contributed by atoms with Crippen LogP contribution in [0.2, 0.25) is 0 Å². The van der Waals surface area contributed by atoms with Crippen molar-refractivity contribution in [2.45, 2.75) is 25.4 Å². The van der Waals surface area contributed by atoms with Gasteiger partial charge >= 0.3 is 0 Å². The molecule has 3 rings (SSSR count). The molecule has 2 amide bonds. The molecule has 0 unspecified atom stereocenters. The number of carbonyl (C=O) groups is 2. The average Bonchev–Trinajstić information content (AvgIpc) is 3.33. The van der Waals surface area contributed by atoms with E-state index in [0.29, 0.717) is 26.1 Å². The lowest BCUT2D eigenvalue weighted by Gasteiger charge is -2.21. The van der Waals surface area contributed by atoms with Gasteiger partial charge in [0.15, 0.2) is 5.76 Å². The molecule has 2 atom stereocenters. The molecule has 1 aromatic heterocycles. The minimum absolute atomic E-state index is 0.000332. The minimum atomic E-state index is -0.257. The van der Waals surface area contributed by atoms with Gasteiger partial charge in [0.2, 0.25) is 5.91 Å². The van der Waals surface area contributed by atoms with E-state index in [2.05, 4.69) is 21.6 Å². The summed E-state index contributed by atoms with van der Waals surface area (Å²) >= 11 is 0. The number of furan rings is 1. The quantitative estimate of drug-likeness (QED) is 0.787. The van der Waals surface area contributed by atoms with Crippen molar-refractivity contribution in [3.63, 3.8) is 0 Å². The van der Waals surface area contributed by atoms with Gasteiger partial charge in [-0.05, 0) is 31.0 Å². The van der Waals surface area contributed by atoms with Gasteiger partial charge in [-0.15, -0.1) is 0 Å². The summed E-state index contributed by atoms with van der Waals surface area (Å²) in [5, 5.41) is 5.86. The third-order valence-electron chi connectivity index (χ3n) is 4.59. The Kier molecular flexibility index (Phi) is 6.44. The van der Waals surface area contributed by atoms with Crippen molar-refractivity contribution in [2.24, 2.45) is 0 Å². The first-order chi connectivity index (χ1) is 13.2.